The predicted octanol–water partition coefficient (Wildman–Crippen LogP) is 5.80. The lowest BCUT2D eigenvalue weighted by Crippen LogP contribution is -2.23. The monoisotopic (exact) mass is 461 g/mol. The molecule has 1 fully saturated rings. The molecular weight excluding hydrogens is 430 g/mol. The van der Waals surface area contributed by atoms with Crippen molar-refractivity contribution in [2.45, 2.75) is 58.3 Å². The minimum absolute atomic E-state index is 0.125. The fourth-order valence-electron chi connectivity index (χ4n) is 4.15. The summed E-state index contributed by atoms with van der Waals surface area (Å²) in [5.41, 5.74) is 4.97. The normalized spacial score (nSPS) is 14.0. The van der Waals surface area contributed by atoms with E-state index in [1.165, 1.54) is 0 Å². The molecule has 0 unspecified atom stereocenters. The van der Waals surface area contributed by atoms with Crippen LogP contribution >= 0.6 is 0 Å². The number of nitrogens with zero attached hydrogens (tertiary/aromatic N) is 1. The Kier molecular flexibility index (Phi) is 7.15. The zero-order valence-corrected chi connectivity index (χ0v) is 20.1. The Morgan fingerprint density at radius 1 is 0.941 bits per heavy atom. The second-order valence-electron chi connectivity index (χ2n) is 8.78. The van der Waals surface area contributed by atoms with Gasteiger partial charge in [0.2, 0.25) is 0 Å². The van der Waals surface area contributed by atoms with E-state index in [2.05, 4.69) is 12.1 Å². The van der Waals surface area contributed by atoms with Gasteiger partial charge in [0.05, 0.1) is 30.7 Å². The Hall–Kier alpha value is -3.41. The van der Waals surface area contributed by atoms with Gasteiger partial charge in [-0.1, -0.05) is 67.0 Å². The second kappa shape index (κ2) is 10.2. The van der Waals surface area contributed by atoms with Crippen LogP contribution in [0.4, 0.5) is 0 Å². The summed E-state index contributed by atoms with van der Waals surface area (Å²) in [6, 6.07) is 16.1. The van der Waals surface area contributed by atoms with Gasteiger partial charge < -0.3 is 14.0 Å². The molecule has 6 nitrogen and oxygen atoms in total. The van der Waals surface area contributed by atoms with Crippen LogP contribution in [0.25, 0.3) is 22.5 Å². The number of aryl methyl sites for hydroxylation is 1. The third kappa shape index (κ3) is 4.91. The van der Waals surface area contributed by atoms with Crippen molar-refractivity contribution < 1.29 is 23.6 Å². The van der Waals surface area contributed by atoms with Gasteiger partial charge in [0, 0.05) is 11.1 Å². The first-order valence-corrected chi connectivity index (χ1v) is 12.0. The lowest BCUT2D eigenvalue weighted by molar-refractivity contribution is -0.146. The maximum Gasteiger partial charge on any atom is 0.316 e. The second-order valence-corrected chi connectivity index (χ2v) is 8.78. The Balaban J connectivity index is 1.48. The van der Waals surface area contributed by atoms with Crippen LogP contribution in [0.2, 0.25) is 0 Å². The van der Waals surface area contributed by atoms with E-state index in [9.17, 15) is 9.59 Å². The molecule has 0 bridgehead atoms. The molecule has 1 aliphatic carbocycles. The predicted molar refractivity (Wildman–Crippen MR) is 129 cm³/mol. The Labute approximate surface area is 200 Å². The molecule has 1 aromatic heterocycles. The van der Waals surface area contributed by atoms with Crippen molar-refractivity contribution in [2.24, 2.45) is 0 Å². The summed E-state index contributed by atoms with van der Waals surface area (Å²) >= 11 is 0. The Morgan fingerprint density at radius 3 is 2.15 bits per heavy atom. The molecule has 1 saturated carbocycles. The highest BCUT2D eigenvalue weighted by Gasteiger charge is 2.52. The van der Waals surface area contributed by atoms with Gasteiger partial charge in [0.15, 0.2) is 5.76 Å². The summed E-state index contributed by atoms with van der Waals surface area (Å²) in [5, 5.41) is 4.07. The molecule has 0 spiro atoms. The van der Waals surface area contributed by atoms with Crippen LogP contribution in [0.3, 0.4) is 0 Å². The van der Waals surface area contributed by atoms with E-state index in [0.29, 0.717) is 24.7 Å². The van der Waals surface area contributed by atoms with Crippen LogP contribution in [0.15, 0.2) is 53.1 Å². The highest BCUT2D eigenvalue weighted by molar-refractivity contribution is 5.87. The number of benzene rings is 2. The van der Waals surface area contributed by atoms with Crippen LogP contribution in [0.1, 0.15) is 56.4 Å². The van der Waals surface area contributed by atoms with E-state index in [-0.39, 0.29) is 18.4 Å². The Morgan fingerprint density at radius 2 is 1.56 bits per heavy atom. The van der Waals surface area contributed by atoms with Gasteiger partial charge in [0.25, 0.3) is 0 Å². The van der Waals surface area contributed by atoms with E-state index < -0.39 is 5.41 Å². The van der Waals surface area contributed by atoms with Crippen molar-refractivity contribution in [3.8, 4) is 22.5 Å². The number of ether oxygens (including phenoxy) is 2. The van der Waals surface area contributed by atoms with Gasteiger partial charge in [-0.05, 0) is 49.8 Å². The van der Waals surface area contributed by atoms with Crippen molar-refractivity contribution >= 4 is 11.9 Å². The third-order valence-electron chi connectivity index (χ3n) is 6.40. The molecule has 4 rings (SSSR count). The van der Waals surface area contributed by atoms with Crippen LogP contribution in [-0.2, 0) is 30.9 Å². The van der Waals surface area contributed by atoms with Crippen LogP contribution < -0.4 is 0 Å². The molecule has 178 valence electrons. The molecule has 3 aromatic rings. The fourth-order valence-corrected chi connectivity index (χ4v) is 4.15. The quantitative estimate of drug-likeness (QED) is 0.281. The standard InChI is InChI=1S/C28H31NO5/c1-4-6-17-33-25(30)18-24-19(3)29-34-26(24)22-9-7-20(8-10-22)21-11-13-23(14-12-21)28(15-16-28)27(31)32-5-2/h7-14H,4-6,15-18H2,1-3H3. The number of hydrogen-bond acceptors (Lipinski definition) is 6. The number of aromatic nitrogens is 1. The van der Waals surface area contributed by atoms with Crippen molar-refractivity contribution in [2.75, 3.05) is 13.2 Å². The molecule has 1 aliphatic rings. The highest BCUT2D eigenvalue weighted by Crippen LogP contribution is 2.49. The molecule has 0 N–H and O–H groups in total. The molecular formula is C28H31NO5. The molecule has 0 saturated heterocycles. The van der Waals surface area contributed by atoms with Gasteiger partial charge in [-0.3, -0.25) is 9.59 Å². The summed E-state index contributed by atoms with van der Waals surface area (Å²) in [5.74, 6) is 0.199. The molecule has 34 heavy (non-hydrogen) atoms. The number of rotatable bonds is 10. The van der Waals surface area contributed by atoms with Crippen molar-refractivity contribution in [1.82, 2.24) is 5.16 Å². The average Bonchev–Trinajstić information content (AvgIpc) is 3.59. The maximum absolute atomic E-state index is 12.4. The summed E-state index contributed by atoms with van der Waals surface area (Å²) in [6.07, 6.45) is 3.65. The van der Waals surface area contributed by atoms with Crippen LogP contribution in [0, 0.1) is 6.92 Å². The maximum atomic E-state index is 12.4. The molecule has 1 heterocycles. The smallest absolute Gasteiger partial charge is 0.316 e. The van der Waals surface area contributed by atoms with Gasteiger partial charge in [-0.15, -0.1) is 0 Å². The van der Waals surface area contributed by atoms with Crippen molar-refractivity contribution in [3.05, 3.63) is 65.4 Å². The lowest BCUT2D eigenvalue weighted by atomic mass is 9.93. The first-order chi connectivity index (χ1) is 16.5. The molecule has 6 heteroatoms. The first kappa shape index (κ1) is 23.7. The summed E-state index contributed by atoms with van der Waals surface area (Å²) in [6.45, 7) is 6.56. The summed E-state index contributed by atoms with van der Waals surface area (Å²) < 4.78 is 16.1. The van der Waals surface area contributed by atoms with E-state index >= 15 is 0 Å². The number of carbonyl (C=O) groups excluding carboxylic acids is 2. The van der Waals surface area contributed by atoms with Gasteiger partial charge in [-0.2, -0.15) is 0 Å². The first-order valence-electron chi connectivity index (χ1n) is 12.0. The van der Waals surface area contributed by atoms with Crippen molar-refractivity contribution in [3.63, 3.8) is 0 Å². The molecule has 0 aliphatic heterocycles. The zero-order chi connectivity index (χ0) is 24.1. The number of unbranched alkanes of at least 4 members (excludes halogenated alkanes) is 1. The van der Waals surface area contributed by atoms with Crippen molar-refractivity contribution in [1.29, 1.82) is 0 Å². The SMILES string of the molecule is CCCCOC(=O)Cc1c(C)noc1-c1ccc(-c2ccc(C3(C(=O)OCC)CC3)cc2)cc1. The van der Waals surface area contributed by atoms with E-state index in [1.54, 1.807) is 0 Å². The number of hydrogen-bond donors (Lipinski definition) is 0. The van der Waals surface area contributed by atoms with E-state index in [4.69, 9.17) is 14.0 Å². The molecule has 0 amide bonds. The van der Waals surface area contributed by atoms with Crippen LogP contribution in [0.5, 0.6) is 0 Å². The summed E-state index contributed by atoms with van der Waals surface area (Å²) in [4.78, 5) is 24.6. The van der Waals surface area contributed by atoms with Gasteiger partial charge in [-0.25, -0.2) is 0 Å². The average molecular weight is 462 g/mol. The third-order valence-corrected chi connectivity index (χ3v) is 6.40. The zero-order valence-electron chi connectivity index (χ0n) is 20.1. The highest BCUT2D eigenvalue weighted by atomic mass is 16.5. The number of esters is 2. The van der Waals surface area contributed by atoms with Gasteiger partial charge >= 0.3 is 11.9 Å². The van der Waals surface area contributed by atoms with Crippen LogP contribution in [-0.4, -0.2) is 30.3 Å². The summed E-state index contributed by atoms with van der Waals surface area (Å²) in [7, 11) is 0. The topological polar surface area (TPSA) is 78.6 Å². The Bertz CT molecular complexity index is 1140. The molecule has 0 radical (unpaired) electrons. The minimum atomic E-state index is -0.462. The fraction of sp³-hybridized carbons (Fsp3) is 0.393. The number of carbonyl (C=O) groups is 2. The molecule has 0 atom stereocenters. The minimum Gasteiger partial charge on any atom is -0.465 e. The van der Waals surface area contributed by atoms with E-state index in [1.807, 2.05) is 62.4 Å². The molecule has 2 aromatic carbocycles. The van der Waals surface area contributed by atoms with Gasteiger partial charge in [0.1, 0.15) is 0 Å². The largest absolute Gasteiger partial charge is 0.465 e. The van der Waals surface area contributed by atoms with E-state index in [0.717, 1.165) is 53.5 Å². The lowest BCUT2D eigenvalue weighted by Gasteiger charge is -2.14.